The minimum Gasteiger partial charge on any atom is -0.353 e. The summed E-state index contributed by atoms with van der Waals surface area (Å²) in [5, 5.41) is 14.1. The third kappa shape index (κ3) is 3.80. The van der Waals surface area contributed by atoms with Crippen molar-refractivity contribution in [1.29, 1.82) is 0 Å². The van der Waals surface area contributed by atoms with E-state index in [1.165, 1.54) is 54.2 Å². The van der Waals surface area contributed by atoms with Crippen molar-refractivity contribution in [1.82, 2.24) is 0 Å². The number of hydrogen-bond donors (Lipinski definition) is 1. The molecule has 0 unspecified atom stereocenters. The molecule has 0 amide bonds. The molecule has 41 heavy (non-hydrogen) atoms. The first kappa shape index (κ1) is 23.5. The fraction of sp³-hybridized carbons (Fsp3) is 0.0256. The number of hydrogen-bond acceptors (Lipinski definition) is 2. The second-order valence-corrected chi connectivity index (χ2v) is 10.7. The van der Waals surface area contributed by atoms with Crippen molar-refractivity contribution in [2.75, 3.05) is 17.3 Å². The molecule has 0 radical (unpaired) electrons. The standard InChI is InChI=1S/C39H28N2/c1-41(29-12-3-2-4-13-29)37-17-8-7-16-36(37)40-35-25-24-31(30-14-5-6-15-33(30)35)32-22-20-28-19-18-26-10-9-11-27-21-23-34(32)39(28)38(26)27/h2-25,40H,1H3. The number of fused-ring (bicyclic) bond motifs is 1. The van der Waals surface area contributed by atoms with Crippen LogP contribution < -0.4 is 10.2 Å². The molecule has 0 heterocycles. The number of rotatable bonds is 5. The van der Waals surface area contributed by atoms with Gasteiger partial charge in [0, 0.05) is 23.8 Å². The van der Waals surface area contributed by atoms with Crippen molar-refractivity contribution in [3.05, 3.63) is 146 Å². The van der Waals surface area contributed by atoms with Crippen molar-refractivity contribution < 1.29 is 0 Å². The Hall–Kier alpha value is -5.34. The second-order valence-electron chi connectivity index (χ2n) is 10.7. The third-order valence-corrected chi connectivity index (χ3v) is 8.42. The lowest BCUT2D eigenvalue weighted by Gasteiger charge is -2.24. The first-order valence-electron chi connectivity index (χ1n) is 14.1. The number of nitrogens with one attached hydrogen (secondary N) is 1. The van der Waals surface area contributed by atoms with E-state index in [1.54, 1.807) is 0 Å². The van der Waals surface area contributed by atoms with Crippen molar-refractivity contribution in [2.45, 2.75) is 0 Å². The summed E-state index contributed by atoms with van der Waals surface area (Å²) in [4.78, 5) is 2.23. The molecule has 2 heteroatoms. The molecule has 0 atom stereocenters. The molecule has 2 nitrogen and oxygen atoms in total. The Morgan fingerprint density at radius 2 is 1.02 bits per heavy atom. The molecule has 0 aliphatic rings. The third-order valence-electron chi connectivity index (χ3n) is 8.42. The van der Waals surface area contributed by atoms with Crippen LogP contribution in [0.2, 0.25) is 0 Å². The summed E-state index contributed by atoms with van der Waals surface area (Å²) in [5.74, 6) is 0. The summed E-state index contributed by atoms with van der Waals surface area (Å²) in [6, 6.07) is 52.4. The highest BCUT2D eigenvalue weighted by molar-refractivity contribution is 6.26. The molecule has 8 aromatic rings. The molecule has 0 spiro atoms. The predicted octanol–water partition coefficient (Wildman–Crippen LogP) is 10.9. The van der Waals surface area contributed by atoms with Gasteiger partial charge in [0.15, 0.2) is 0 Å². The maximum atomic E-state index is 3.78. The molecule has 0 saturated heterocycles. The molecule has 0 saturated carbocycles. The van der Waals surface area contributed by atoms with Crippen LogP contribution in [0.1, 0.15) is 0 Å². The summed E-state index contributed by atoms with van der Waals surface area (Å²) in [7, 11) is 2.12. The Balaban J connectivity index is 1.28. The van der Waals surface area contributed by atoms with Gasteiger partial charge in [0.25, 0.3) is 0 Å². The van der Waals surface area contributed by atoms with Crippen LogP contribution >= 0.6 is 0 Å². The number of anilines is 4. The lowest BCUT2D eigenvalue weighted by Crippen LogP contribution is -2.11. The molecule has 0 bridgehead atoms. The summed E-state index contributed by atoms with van der Waals surface area (Å²) in [5.41, 5.74) is 6.95. The summed E-state index contributed by atoms with van der Waals surface area (Å²) in [6.45, 7) is 0. The number of para-hydroxylation sites is 3. The maximum absolute atomic E-state index is 3.78. The lowest BCUT2D eigenvalue weighted by atomic mass is 9.88. The van der Waals surface area contributed by atoms with Gasteiger partial charge >= 0.3 is 0 Å². The molecular formula is C39H28N2. The van der Waals surface area contributed by atoms with Crippen LogP contribution in [0.5, 0.6) is 0 Å². The van der Waals surface area contributed by atoms with E-state index in [-0.39, 0.29) is 0 Å². The van der Waals surface area contributed by atoms with E-state index in [0.717, 1.165) is 22.7 Å². The molecule has 0 aromatic heterocycles. The van der Waals surface area contributed by atoms with Gasteiger partial charge in [-0.3, -0.25) is 0 Å². The monoisotopic (exact) mass is 524 g/mol. The smallest absolute Gasteiger partial charge is 0.0647 e. The quantitative estimate of drug-likeness (QED) is 0.225. The van der Waals surface area contributed by atoms with E-state index in [9.17, 15) is 0 Å². The average molecular weight is 525 g/mol. The van der Waals surface area contributed by atoms with E-state index in [0.29, 0.717) is 0 Å². The van der Waals surface area contributed by atoms with Crippen LogP contribution in [0.25, 0.3) is 54.2 Å². The van der Waals surface area contributed by atoms with Gasteiger partial charge in [-0.05, 0) is 79.2 Å². The second kappa shape index (κ2) is 9.39. The average Bonchev–Trinajstić information content (AvgIpc) is 3.04. The SMILES string of the molecule is CN(c1ccccc1)c1ccccc1Nc1ccc(-c2ccc3ccc4cccc5ccc2c3c45)c2ccccc12. The van der Waals surface area contributed by atoms with Crippen molar-refractivity contribution >= 4 is 65.8 Å². The van der Waals surface area contributed by atoms with Gasteiger partial charge in [-0.2, -0.15) is 0 Å². The summed E-state index contributed by atoms with van der Waals surface area (Å²) >= 11 is 0. The summed E-state index contributed by atoms with van der Waals surface area (Å²) < 4.78 is 0. The van der Waals surface area contributed by atoms with Crippen LogP contribution in [-0.2, 0) is 0 Å². The normalized spacial score (nSPS) is 11.5. The van der Waals surface area contributed by atoms with Gasteiger partial charge < -0.3 is 10.2 Å². The maximum Gasteiger partial charge on any atom is 0.0647 e. The van der Waals surface area contributed by atoms with Gasteiger partial charge in [0.2, 0.25) is 0 Å². The van der Waals surface area contributed by atoms with E-state index in [2.05, 4.69) is 163 Å². The Morgan fingerprint density at radius 1 is 0.415 bits per heavy atom. The fourth-order valence-electron chi connectivity index (χ4n) is 6.42. The Labute approximate surface area is 239 Å². The lowest BCUT2D eigenvalue weighted by molar-refractivity contribution is 1.21. The predicted molar refractivity (Wildman–Crippen MR) is 177 cm³/mol. The van der Waals surface area contributed by atoms with Crippen LogP contribution in [0.4, 0.5) is 22.7 Å². The Kier molecular flexibility index (Phi) is 5.39. The fourth-order valence-corrected chi connectivity index (χ4v) is 6.42. The molecule has 0 aliphatic carbocycles. The zero-order valence-corrected chi connectivity index (χ0v) is 22.8. The minimum atomic E-state index is 1.07. The van der Waals surface area contributed by atoms with Crippen LogP contribution in [0.15, 0.2) is 146 Å². The first-order chi connectivity index (χ1) is 20.3. The van der Waals surface area contributed by atoms with Crippen LogP contribution in [0, 0.1) is 0 Å². The topological polar surface area (TPSA) is 15.3 Å². The largest absolute Gasteiger partial charge is 0.353 e. The highest BCUT2D eigenvalue weighted by Crippen LogP contribution is 2.43. The van der Waals surface area contributed by atoms with E-state index in [4.69, 9.17) is 0 Å². The van der Waals surface area contributed by atoms with Crippen LogP contribution in [0.3, 0.4) is 0 Å². The zero-order chi connectivity index (χ0) is 27.3. The van der Waals surface area contributed by atoms with Crippen molar-refractivity contribution in [3.8, 4) is 11.1 Å². The highest BCUT2D eigenvalue weighted by Gasteiger charge is 2.16. The number of benzene rings is 8. The van der Waals surface area contributed by atoms with Crippen molar-refractivity contribution in [3.63, 3.8) is 0 Å². The first-order valence-corrected chi connectivity index (χ1v) is 14.1. The molecule has 0 aliphatic heterocycles. The summed E-state index contributed by atoms with van der Waals surface area (Å²) in [6.07, 6.45) is 0. The van der Waals surface area contributed by atoms with Gasteiger partial charge in [-0.1, -0.05) is 115 Å². The van der Waals surface area contributed by atoms with Gasteiger partial charge in [-0.25, -0.2) is 0 Å². The minimum absolute atomic E-state index is 1.07. The Morgan fingerprint density at radius 3 is 1.85 bits per heavy atom. The molecular weight excluding hydrogens is 496 g/mol. The highest BCUT2D eigenvalue weighted by atomic mass is 15.1. The molecule has 8 rings (SSSR count). The molecule has 194 valence electrons. The van der Waals surface area contributed by atoms with Gasteiger partial charge in [-0.15, -0.1) is 0 Å². The van der Waals surface area contributed by atoms with E-state index < -0.39 is 0 Å². The van der Waals surface area contributed by atoms with Crippen molar-refractivity contribution in [2.24, 2.45) is 0 Å². The van der Waals surface area contributed by atoms with E-state index in [1.807, 2.05) is 0 Å². The number of nitrogens with zero attached hydrogens (tertiary/aromatic N) is 1. The van der Waals surface area contributed by atoms with Gasteiger partial charge in [0.05, 0.1) is 11.4 Å². The molecule has 0 fully saturated rings. The molecule has 8 aromatic carbocycles. The molecule has 1 N–H and O–H groups in total. The van der Waals surface area contributed by atoms with Crippen LogP contribution in [-0.4, -0.2) is 7.05 Å². The van der Waals surface area contributed by atoms with Gasteiger partial charge in [0.1, 0.15) is 0 Å². The van der Waals surface area contributed by atoms with E-state index >= 15 is 0 Å². The zero-order valence-electron chi connectivity index (χ0n) is 22.8. The Bertz CT molecular complexity index is 2180.